The van der Waals surface area contributed by atoms with E-state index in [-0.39, 0.29) is 0 Å². The number of aliphatic hydroxyl groups is 1. The molecule has 0 saturated heterocycles. The summed E-state index contributed by atoms with van der Waals surface area (Å²) in [6.07, 6.45) is 1.69. The van der Waals surface area contributed by atoms with E-state index in [1.165, 1.54) is 7.11 Å². The van der Waals surface area contributed by atoms with Crippen molar-refractivity contribution < 1.29 is 9.94 Å². The molecule has 0 saturated carbocycles. The largest absolute Gasteiger partial charge is 0.399 e. The van der Waals surface area contributed by atoms with Crippen LogP contribution in [0.15, 0.2) is 17.3 Å². The molecule has 0 aliphatic rings. The first-order valence-electron chi connectivity index (χ1n) is 5.27. The van der Waals surface area contributed by atoms with E-state index >= 15 is 0 Å². The zero-order valence-electron chi connectivity index (χ0n) is 10.5. The zero-order valence-corrected chi connectivity index (χ0v) is 10.5. The van der Waals surface area contributed by atoms with Gasteiger partial charge in [0, 0.05) is 5.56 Å². The van der Waals surface area contributed by atoms with E-state index in [4.69, 9.17) is 0 Å². The minimum absolute atomic E-state index is 0.813. The third kappa shape index (κ3) is 2.83. The van der Waals surface area contributed by atoms with Crippen LogP contribution >= 0.6 is 0 Å². The SMILES string of the molecule is CO/N=C/c1c(C)cc(C(C)(C)O)cc1C. The molecular weight excluding hydrogens is 202 g/mol. The van der Waals surface area contributed by atoms with Gasteiger partial charge in [-0.3, -0.25) is 0 Å². The van der Waals surface area contributed by atoms with Crippen molar-refractivity contribution in [2.75, 3.05) is 7.11 Å². The number of rotatable bonds is 3. The van der Waals surface area contributed by atoms with Crippen molar-refractivity contribution in [2.45, 2.75) is 33.3 Å². The molecule has 0 bridgehead atoms. The third-order valence-electron chi connectivity index (χ3n) is 2.59. The summed E-state index contributed by atoms with van der Waals surface area (Å²) in [7, 11) is 1.52. The Morgan fingerprint density at radius 2 is 1.75 bits per heavy atom. The van der Waals surface area contributed by atoms with Crippen LogP contribution < -0.4 is 0 Å². The van der Waals surface area contributed by atoms with Crippen LogP contribution in [-0.2, 0) is 10.4 Å². The molecule has 0 aromatic heterocycles. The fourth-order valence-electron chi connectivity index (χ4n) is 1.64. The van der Waals surface area contributed by atoms with E-state index in [0.29, 0.717) is 0 Å². The first kappa shape index (κ1) is 12.7. The monoisotopic (exact) mass is 221 g/mol. The van der Waals surface area contributed by atoms with Gasteiger partial charge in [0.1, 0.15) is 7.11 Å². The lowest BCUT2D eigenvalue weighted by Crippen LogP contribution is -2.16. The summed E-state index contributed by atoms with van der Waals surface area (Å²) in [6.45, 7) is 7.56. The van der Waals surface area contributed by atoms with Crippen LogP contribution in [0.3, 0.4) is 0 Å². The molecule has 0 unspecified atom stereocenters. The van der Waals surface area contributed by atoms with Crippen LogP contribution in [0.1, 0.15) is 36.1 Å². The van der Waals surface area contributed by atoms with Crippen molar-refractivity contribution in [1.82, 2.24) is 0 Å². The van der Waals surface area contributed by atoms with Crippen LogP contribution in [-0.4, -0.2) is 18.4 Å². The summed E-state index contributed by atoms with van der Waals surface area (Å²) in [6, 6.07) is 3.95. The highest BCUT2D eigenvalue weighted by Crippen LogP contribution is 2.24. The second kappa shape index (κ2) is 4.66. The topological polar surface area (TPSA) is 41.8 Å². The van der Waals surface area contributed by atoms with Gasteiger partial charge in [0.2, 0.25) is 0 Å². The molecule has 16 heavy (non-hydrogen) atoms. The maximum absolute atomic E-state index is 9.95. The molecule has 0 amide bonds. The van der Waals surface area contributed by atoms with Crippen molar-refractivity contribution in [3.63, 3.8) is 0 Å². The van der Waals surface area contributed by atoms with Gasteiger partial charge in [-0.1, -0.05) is 17.3 Å². The molecular formula is C13H19NO2. The van der Waals surface area contributed by atoms with Crippen LogP contribution in [0.5, 0.6) is 0 Å². The number of hydrogen-bond donors (Lipinski definition) is 1. The van der Waals surface area contributed by atoms with Gasteiger partial charge in [-0.25, -0.2) is 0 Å². The highest BCUT2D eigenvalue weighted by molar-refractivity contribution is 5.83. The highest BCUT2D eigenvalue weighted by atomic mass is 16.6. The Hall–Kier alpha value is -1.35. The van der Waals surface area contributed by atoms with Gasteiger partial charge < -0.3 is 9.94 Å². The Morgan fingerprint density at radius 3 is 2.12 bits per heavy atom. The van der Waals surface area contributed by atoms with E-state index in [9.17, 15) is 5.11 Å². The maximum atomic E-state index is 9.95. The summed E-state index contributed by atoms with van der Waals surface area (Å²) >= 11 is 0. The van der Waals surface area contributed by atoms with Crippen LogP contribution in [0.25, 0.3) is 0 Å². The van der Waals surface area contributed by atoms with Gasteiger partial charge >= 0.3 is 0 Å². The lowest BCUT2D eigenvalue weighted by Gasteiger charge is -2.20. The molecule has 0 atom stereocenters. The van der Waals surface area contributed by atoms with Crippen LogP contribution in [0.2, 0.25) is 0 Å². The van der Waals surface area contributed by atoms with E-state index < -0.39 is 5.60 Å². The Labute approximate surface area is 96.7 Å². The predicted molar refractivity (Wildman–Crippen MR) is 65.8 cm³/mol. The van der Waals surface area contributed by atoms with Gasteiger partial charge in [0.15, 0.2) is 0 Å². The molecule has 0 aliphatic heterocycles. The minimum Gasteiger partial charge on any atom is -0.399 e. The first-order chi connectivity index (χ1) is 7.36. The molecule has 0 spiro atoms. The fraction of sp³-hybridized carbons (Fsp3) is 0.462. The molecule has 3 nitrogen and oxygen atoms in total. The summed E-state index contributed by atoms with van der Waals surface area (Å²) in [4.78, 5) is 4.67. The first-order valence-corrected chi connectivity index (χ1v) is 5.27. The van der Waals surface area contributed by atoms with E-state index in [0.717, 1.165) is 22.3 Å². The quantitative estimate of drug-likeness (QED) is 0.629. The van der Waals surface area contributed by atoms with Crippen molar-refractivity contribution in [3.8, 4) is 0 Å². The third-order valence-corrected chi connectivity index (χ3v) is 2.59. The molecule has 1 rings (SSSR count). The number of aryl methyl sites for hydroxylation is 2. The second-order valence-corrected chi connectivity index (χ2v) is 4.50. The second-order valence-electron chi connectivity index (χ2n) is 4.50. The molecule has 3 heteroatoms. The summed E-state index contributed by atoms with van der Waals surface area (Å²) in [5.41, 5.74) is 3.30. The Kier molecular flexibility index (Phi) is 3.70. The lowest BCUT2D eigenvalue weighted by molar-refractivity contribution is 0.0785. The van der Waals surface area contributed by atoms with Gasteiger partial charge in [0.05, 0.1) is 11.8 Å². The van der Waals surface area contributed by atoms with E-state index in [1.54, 1.807) is 20.1 Å². The summed E-state index contributed by atoms with van der Waals surface area (Å²) in [5, 5.41) is 13.7. The Balaban J connectivity index is 3.23. The summed E-state index contributed by atoms with van der Waals surface area (Å²) < 4.78 is 0. The smallest absolute Gasteiger partial charge is 0.106 e. The highest BCUT2D eigenvalue weighted by Gasteiger charge is 2.17. The molecule has 1 N–H and O–H groups in total. The predicted octanol–water partition coefficient (Wildman–Crippen LogP) is 2.51. The number of benzene rings is 1. The maximum Gasteiger partial charge on any atom is 0.106 e. The molecule has 0 fully saturated rings. The van der Waals surface area contributed by atoms with Crippen molar-refractivity contribution in [1.29, 1.82) is 0 Å². The minimum atomic E-state index is -0.813. The average Bonchev–Trinajstić information content (AvgIpc) is 2.15. The summed E-state index contributed by atoms with van der Waals surface area (Å²) in [5.74, 6) is 0. The normalized spacial score (nSPS) is 12.1. The molecule has 0 heterocycles. The molecule has 0 aliphatic carbocycles. The molecule has 1 aromatic rings. The number of hydrogen-bond acceptors (Lipinski definition) is 3. The van der Waals surface area contributed by atoms with Gasteiger partial charge in [0.25, 0.3) is 0 Å². The molecule has 88 valence electrons. The van der Waals surface area contributed by atoms with E-state index in [1.807, 2.05) is 26.0 Å². The zero-order chi connectivity index (χ0) is 12.3. The van der Waals surface area contributed by atoms with Gasteiger partial charge in [-0.15, -0.1) is 0 Å². The van der Waals surface area contributed by atoms with Crippen molar-refractivity contribution in [2.24, 2.45) is 5.16 Å². The number of nitrogens with zero attached hydrogens (tertiary/aromatic N) is 1. The van der Waals surface area contributed by atoms with Crippen LogP contribution in [0, 0.1) is 13.8 Å². The number of oxime groups is 1. The van der Waals surface area contributed by atoms with Gasteiger partial charge in [-0.2, -0.15) is 0 Å². The average molecular weight is 221 g/mol. The van der Waals surface area contributed by atoms with Gasteiger partial charge in [-0.05, 0) is 44.4 Å². The van der Waals surface area contributed by atoms with Crippen molar-refractivity contribution >= 4 is 6.21 Å². The fourth-order valence-corrected chi connectivity index (χ4v) is 1.64. The van der Waals surface area contributed by atoms with Crippen molar-refractivity contribution in [3.05, 3.63) is 34.4 Å². The standard InChI is InChI=1S/C13H19NO2/c1-9-6-11(13(3,4)15)7-10(2)12(9)8-14-16-5/h6-8,15H,1-5H3/b14-8+. The van der Waals surface area contributed by atoms with E-state index in [2.05, 4.69) is 9.99 Å². The van der Waals surface area contributed by atoms with Crippen LogP contribution in [0.4, 0.5) is 0 Å². The molecule has 0 radical (unpaired) electrons. The lowest BCUT2D eigenvalue weighted by atomic mass is 9.92. The Morgan fingerprint density at radius 1 is 1.25 bits per heavy atom. The molecule has 1 aromatic carbocycles. The Bertz CT molecular complexity index is 380.